The van der Waals surface area contributed by atoms with E-state index in [4.69, 9.17) is 22.1 Å². The van der Waals surface area contributed by atoms with Crippen LogP contribution in [-0.2, 0) is 9.53 Å². The van der Waals surface area contributed by atoms with Crippen molar-refractivity contribution in [3.8, 4) is 0 Å². The summed E-state index contributed by atoms with van der Waals surface area (Å²) in [6, 6.07) is 4.84. The summed E-state index contributed by atoms with van der Waals surface area (Å²) >= 11 is 6.48. The molecule has 1 aromatic heterocycles. The molecule has 0 aliphatic rings. The Bertz CT molecular complexity index is 1070. The van der Waals surface area contributed by atoms with E-state index in [2.05, 4.69) is 10.3 Å². The van der Waals surface area contributed by atoms with Gasteiger partial charge in [0.05, 0.1) is 21.0 Å². The number of hydrogen-bond acceptors (Lipinski definition) is 6. The van der Waals surface area contributed by atoms with Crippen LogP contribution in [0.1, 0.15) is 10.4 Å². The zero-order chi connectivity index (χ0) is 19.7. The Hall–Kier alpha value is -2.85. The number of carbonyl (C=O) groups is 2. The minimum absolute atomic E-state index is 0.00957. The third-order valence-corrected chi connectivity index (χ3v) is 4.60. The molecule has 1 heterocycles. The standard InChI is InChI=1S/C16H9ClF3N3O3S/c17-7-2-1-6(3-9(7)21)15(25)26-5-11(24)22-16-23-14-10(27-16)4-8(18)12(19)13(14)20/h1-4H,5,21H2,(H,22,23,24). The second-order valence-electron chi connectivity index (χ2n) is 5.21. The van der Waals surface area contributed by atoms with Crippen LogP contribution in [0.15, 0.2) is 24.3 Å². The molecule has 3 N–H and O–H groups in total. The molecule has 0 unspecified atom stereocenters. The van der Waals surface area contributed by atoms with Crippen molar-refractivity contribution in [1.29, 1.82) is 0 Å². The van der Waals surface area contributed by atoms with E-state index < -0.39 is 41.5 Å². The first-order chi connectivity index (χ1) is 12.8. The maximum absolute atomic E-state index is 13.6. The molecule has 0 saturated heterocycles. The number of aromatic nitrogens is 1. The van der Waals surface area contributed by atoms with Gasteiger partial charge < -0.3 is 10.5 Å². The first-order valence-corrected chi connectivity index (χ1v) is 8.41. The second kappa shape index (κ2) is 7.41. The van der Waals surface area contributed by atoms with Crippen molar-refractivity contribution in [3.05, 3.63) is 52.3 Å². The Morgan fingerprint density at radius 1 is 1.22 bits per heavy atom. The molecule has 1 amide bonds. The van der Waals surface area contributed by atoms with Gasteiger partial charge in [0.2, 0.25) is 0 Å². The van der Waals surface area contributed by atoms with E-state index in [1.165, 1.54) is 18.2 Å². The van der Waals surface area contributed by atoms with E-state index >= 15 is 0 Å². The lowest BCUT2D eigenvalue weighted by Gasteiger charge is -2.06. The van der Waals surface area contributed by atoms with Gasteiger partial charge in [0, 0.05) is 0 Å². The zero-order valence-electron chi connectivity index (χ0n) is 13.2. The number of benzene rings is 2. The summed E-state index contributed by atoms with van der Waals surface area (Å²) in [5.41, 5.74) is 5.43. The first-order valence-electron chi connectivity index (χ1n) is 7.22. The van der Waals surface area contributed by atoms with E-state index in [-0.39, 0.29) is 26.1 Å². The highest BCUT2D eigenvalue weighted by Crippen LogP contribution is 2.30. The predicted molar refractivity (Wildman–Crippen MR) is 94.3 cm³/mol. The average Bonchev–Trinajstić information content (AvgIpc) is 3.02. The lowest BCUT2D eigenvalue weighted by molar-refractivity contribution is -0.119. The predicted octanol–water partition coefficient (Wildman–Crippen LogP) is 3.74. The lowest BCUT2D eigenvalue weighted by Crippen LogP contribution is -2.20. The molecule has 27 heavy (non-hydrogen) atoms. The number of nitrogens with one attached hydrogen (secondary N) is 1. The molecule has 0 fully saturated rings. The van der Waals surface area contributed by atoms with Crippen molar-refractivity contribution in [3.63, 3.8) is 0 Å². The zero-order valence-corrected chi connectivity index (χ0v) is 14.8. The highest BCUT2D eigenvalue weighted by atomic mass is 35.5. The van der Waals surface area contributed by atoms with Gasteiger partial charge >= 0.3 is 5.97 Å². The van der Waals surface area contributed by atoms with Crippen LogP contribution in [0.5, 0.6) is 0 Å². The Morgan fingerprint density at radius 3 is 2.67 bits per heavy atom. The molecular formula is C16H9ClF3N3O3S. The summed E-state index contributed by atoms with van der Waals surface area (Å²) in [5.74, 6) is -6.05. The number of halogens is 4. The number of ether oxygens (including phenoxy) is 1. The van der Waals surface area contributed by atoms with E-state index in [0.717, 1.165) is 17.4 Å². The molecule has 2 aromatic carbocycles. The van der Waals surface area contributed by atoms with Crippen LogP contribution in [0.2, 0.25) is 5.02 Å². The first kappa shape index (κ1) is 18.9. The number of carbonyl (C=O) groups excluding carboxylic acids is 2. The Kier molecular flexibility index (Phi) is 5.19. The van der Waals surface area contributed by atoms with E-state index in [9.17, 15) is 22.8 Å². The van der Waals surface area contributed by atoms with Gasteiger partial charge in [-0.05, 0) is 24.3 Å². The maximum Gasteiger partial charge on any atom is 0.338 e. The van der Waals surface area contributed by atoms with E-state index in [1.807, 2.05) is 0 Å². The summed E-state index contributed by atoms with van der Waals surface area (Å²) < 4.78 is 44.9. The van der Waals surface area contributed by atoms with Crippen LogP contribution >= 0.6 is 22.9 Å². The van der Waals surface area contributed by atoms with Crippen LogP contribution in [0.4, 0.5) is 24.0 Å². The quantitative estimate of drug-likeness (QED) is 0.384. The summed E-state index contributed by atoms with van der Waals surface area (Å²) in [7, 11) is 0. The van der Waals surface area contributed by atoms with Gasteiger partial charge in [0.25, 0.3) is 5.91 Å². The summed E-state index contributed by atoms with van der Waals surface area (Å²) in [5, 5.41) is 2.42. The number of anilines is 2. The summed E-state index contributed by atoms with van der Waals surface area (Å²) in [6.07, 6.45) is 0. The van der Waals surface area contributed by atoms with Crippen molar-refractivity contribution in [2.24, 2.45) is 0 Å². The molecule has 0 saturated carbocycles. The van der Waals surface area contributed by atoms with Crippen molar-refractivity contribution in [2.75, 3.05) is 17.7 Å². The smallest absolute Gasteiger partial charge is 0.338 e. The number of fused-ring (bicyclic) bond motifs is 1. The van der Waals surface area contributed by atoms with Crippen molar-refractivity contribution in [2.45, 2.75) is 0 Å². The summed E-state index contributed by atoms with van der Waals surface area (Å²) in [4.78, 5) is 27.4. The van der Waals surface area contributed by atoms with Gasteiger partial charge in [-0.15, -0.1) is 0 Å². The number of rotatable bonds is 4. The second-order valence-corrected chi connectivity index (χ2v) is 6.65. The Balaban J connectivity index is 1.65. The number of thiazole rings is 1. The van der Waals surface area contributed by atoms with Gasteiger partial charge in [-0.25, -0.2) is 22.9 Å². The summed E-state index contributed by atoms with van der Waals surface area (Å²) in [6.45, 7) is -0.664. The van der Waals surface area contributed by atoms with Gasteiger partial charge in [0.1, 0.15) is 5.52 Å². The third kappa shape index (κ3) is 3.96. The van der Waals surface area contributed by atoms with Gasteiger partial charge in [-0.3, -0.25) is 10.1 Å². The number of nitrogens with two attached hydrogens (primary N) is 1. The SMILES string of the molecule is Nc1cc(C(=O)OCC(=O)Nc2nc3c(F)c(F)c(F)cc3s2)ccc1Cl. The third-order valence-electron chi connectivity index (χ3n) is 3.33. The minimum atomic E-state index is -1.65. The normalized spacial score (nSPS) is 10.8. The molecule has 140 valence electrons. The molecule has 0 aliphatic heterocycles. The monoisotopic (exact) mass is 415 g/mol. The molecule has 0 radical (unpaired) electrons. The fraction of sp³-hybridized carbons (Fsp3) is 0.0625. The molecule has 3 aromatic rings. The van der Waals surface area contributed by atoms with Crippen LogP contribution in [0.3, 0.4) is 0 Å². The molecular weight excluding hydrogens is 407 g/mol. The molecule has 0 aliphatic carbocycles. The van der Waals surface area contributed by atoms with Crippen LogP contribution in [-0.4, -0.2) is 23.5 Å². The topological polar surface area (TPSA) is 94.3 Å². The maximum atomic E-state index is 13.6. The highest BCUT2D eigenvalue weighted by Gasteiger charge is 2.19. The van der Waals surface area contributed by atoms with Crippen LogP contribution < -0.4 is 11.1 Å². The van der Waals surface area contributed by atoms with E-state index in [1.54, 1.807) is 0 Å². The van der Waals surface area contributed by atoms with Gasteiger partial charge in [0.15, 0.2) is 29.2 Å². The molecule has 0 atom stereocenters. The van der Waals surface area contributed by atoms with E-state index in [0.29, 0.717) is 0 Å². The molecule has 0 spiro atoms. The van der Waals surface area contributed by atoms with Gasteiger partial charge in [-0.2, -0.15) is 0 Å². The lowest BCUT2D eigenvalue weighted by atomic mass is 10.2. The van der Waals surface area contributed by atoms with Crippen LogP contribution in [0.25, 0.3) is 10.2 Å². The number of amides is 1. The molecule has 0 bridgehead atoms. The molecule has 3 rings (SSSR count). The van der Waals surface area contributed by atoms with Crippen molar-refractivity contribution in [1.82, 2.24) is 4.98 Å². The average molecular weight is 416 g/mol. The fourth-order valence-corrected chi connectivity index (χ4v) is 3.09. The number of esters is 1. The van der Waals surface area contributed by atoms with Crippen molar-refractivity contribution >= 4 is 55.8 Å². The largest absolute Gasteiger partial charge is 0.452 e. The molecule has 11 heteroatoms. The number of nitrogen functional groups attached to an aromatic ring is 1. The Labute approximate surface area is 158 Å². The highest BCUT2D eigenvalue weighted by molar-refractivity contribution is 7.22. The van der Waals surface area contributed by atoms with Crippen LogP contribution in [0, 0.1) is 17.5 Å². The Morgan fingerprint density at radius 2 is 1.96 bits per heavy atom. The van der Waals surface area contributed by atoms with Crippen molar-refractivity contribution < 1.29 is 27.5 Å². The molecule has 6 nitrogen and oxygen atoms in total. The number of nitrogens with zero attached hydrogens (tertiary/aromatic N) is 1. The fourth-order valence-electron chi connectivity index (χ4n) is 2.07. The minimum Gasteiger partial charge on any atom is -0.452 e. The number of hydrogen-bond donors (Lipinski definition) is 2. The van der Waals surface area contributed by atoms with Gasteiger partial charge in [-0.1, -0.05) is 22.9 Å².